The Bertz CT molecular complexity index is 273. The van der Waals surface area contributed by atoms with E-state index >= 15 is 0 Å². The highest BCUT2D eigenvalue weighted by molar-refractivity contribution is 5.74. The van der Waals surface area contributed by atoms with Crippen molar-refractivity contribution in [3.63, 3.8) is 0 Å². The topological polar surface area (TPSA) is 44.4 Å². The predicted molar refractivity (Wildman–Crippen MR) is 80.3 cm³/mol. The second-order valence-corrected chi connectivity index (χ2v) is 5.36. The maximum Gasteiger partial charge on any atom is 0.315 e. The third-order valence-electron chi connectivity index (χ3n) is 3.74. The number of urea groups is 1. The lowest BCUT2D eigenvalue weighted by atomic mass is 10.1. The number of hydrogen-bond acceptors (Lipinski definition) is 2. The van der Waals surface area contributed by atoms with Crippen LogP contribution in [0.3, 0.4) is 0 Å². The Kier molecular flexibility index (Phi) is 7.56. The fourth-order valence-electron chi connectivity index (χ4n) is 2.56. The van der Waals surface area contributed by atoms with Gasteiger partial charge in [0.05, 0.1) is 0 Å². The van der Waals surface area contributed by atoms with E-state index in [0.717, 1.165) is 38.8 Å². The second-order valence-electron chi connectivity index (χ2n) is 5.36. The molecule has 1 atom stereocenters. The van der Waals surface area contributed by atoms with Crippen molar-refractivity contribution in [1.82, 2.24) is 15.5 Å². The average Bonchev–Trinajstić information content (AvgIpc) is 2.41. The second kappa shape index (κ2) is 8.97. The van der Waals surface area contributed by atoms with Gasteiger partial charge >= 0.3 is 6.03 Å². The summed E-state index contributed by atoms with van der Waals surface area (Å²) in [7, 11) is 0. The summed E-state index contributed by atoms with van der Waals surface area (Å²) in [5.41, 5.74) is 0. The molecule has 1 aliphatic heterocycles. The molecular weight excluding hydrogens is 238 g/mol. The van der Waals surface area contributed by atoms with Gasteiger partial charge in [0.1, 0.15) is 0 Å². The van der Waals surface area contributed by atoms with Crippen molar-refractivity contribution in [3.05, 3.63) is 12.7 Å². The SMILES string of the molecule is C=CC[C@@H](CC)NC(=O)NC1CCN(CCC)CC1. The van der Waals surface area contributed by atoms with Gasteiger partial charge in [0.15, 0.2) is 0 Å². The third-order valence-corrected chi connectivity index (χ3v) is 3.74. The molecule has 0 aliphatic carbocycles. The first-order valence-corrected chi connectivity index (χ1v) is 7.59. The maximum atomic E-state index is 11.9. The lowest BCUT2D eigenvalue weighted by molar-refractivity contribution is 0.191. The number of piperidine rings is 1. The van der Waals surface area contributed by atoms with Crippen LogP contribution in [-0.4, -0.2) is 42.6 Å². The summed E-state index contributed by atoms with van der Waals surface area (Å²) in [4.78, 5) is 14.4. The normalized spacial score (nSPS) is 18.8. The minimum atomic E-state index is -0.0253. The van der Waals surface area contributed by atoms with E-state index in [1.165, 1.54) is 13.0 Å². The quantitative estimate of drug-likeness (QED) is 0.696. The van der Waals surface area contributed by atoms with Crippen molar-refractivity contribution in [2.45, 2.75) is 58.0 Å². The van der Waals surface area contributed by atoms with Crippen LogP contribution < -0.4 is 10.6 Å². The summed E-state index contributed by atoms with van der Waals surface area (Å²) < 4.78 is 0. The number of carbonyl (C=O) groups is 1. The fraction of sp³-hybridized carbons (Fsp3) is 0.800. The zero-order chi connectivity index (χ0) is 14.1. The standard InChI is InChI=1S/C15H29N3O/c1-4-7-13(6-3)16-15(19)17-14-8-11-18(10-5-2)12-9-14/h4,13-14H,1,5-12H2,2-3H3,(H2,16,17,19)/t13-/m1/s1. The monoisotopic (exact) mass is 267 g/mol. The smallest absolute Gasteiger partial charge is 0.315 e. The number of carbonyl (C=O) groups excluding carboxylic acids is 1. The zero-order valence-corrected chi connectivity index (χ0v) is 12.5. The Morgan fingerprint density at radius 3 is 2.63 bits per heavy atom. The molecule has 0 aromatic rings. The molecule has 110 valence electrons. The van der Waals surface area contributed by atoms with E-state index in [4.69, 9.17) is 0 Å². The van der Waals surface area contributed by atoms with E-state index in [9.17, 15) is 4.79 Å². The summed E-state index contributed by atoms with van der Waals surface area (Å²) in [6.07, 6.45) is 6.96. The van der Waals surface area contributed by atoms with E-state index in [1.54, 1.807) is 0 Å². The first kappa shape index (κ1) is 16.0. The molecule has 1 saturated heterocycles. The van der Waals surface area contributed by atoms with Crippen molar-refractivity contribution in [2.75, 3.05) is 19.6 Å². The Labute approximate surface area is 117 Å². The Hall–Kier alpha value is -1.03. The molecule has 0 aromatic heterocycles. The van der Waals surface area contributed by atoms with Gasteiger partial charge in [-0.1, -0.05) is 19.9 Å². The van der Waals surface area contributed by atoms with Crippen LogP contribution in [0.4, 0.5) is 4.79 Å². The van der Waals surface area contributed by atoms with Crippen LogP contribution in [0, 0.1) is 0 Å². The van der Waals surface area contributed by atoms with Gasteiger partial charge in [-0.15, -0.1) is 6.58 Å². The van der Waals surface area contributed by atoms with Crippen LogP contribution in [0.25, 0.3) is 0 Å². The van der Waals surface area contributed by atoms with Crippen LogP contribution in [0.5, 0.6) is 0 Å². The van der Waals surface area contributed by atoms with Gasteiger partial charge in [0.2, 0.25) is 0 Å². The minimum Gasteiger partial charge on any atom is -0.335 e. The molecular formula is C15H29N3O. The van der Waals surface area contributed by atoms with E-state index in [0.29, 0.717) is 6.04 Å². The Morgan fingerprint density at radius 1 is 1.42 bits per heavy atom. The third kappa shape index (κ3) is 6.10. The first-order chi connectivity index (χ1) is 9.19. The van der Waals surface area contributed by atoms with Crippen LogP contribution in [0.1, 0.15) is 46.0 Å². The highest BCUT2D eigenvalue weighted by Crippen LogP contribution is 2.10. The predicted octanol–water partition coefficient (Wildman–Crippen LogP) is 2.51. The van der Waals surface area contributed by atoms with E-state index in [1.807, 2.05) is 6.08 Å². The van der Waals surface area contributed by atoms with Gasteiger partial charge in [-0.2, -0.15) is 0 Å². The highest BCUT2D eigenvalue weighted by Gasteiger charge is 2.20. The molecule has 1 fully saturated rings. The summed E-state index contributed by atoms with van der Waals surface area (Å²) in [6, 6.07) is 0.509. The number of hydrogen-bond donors (Lipinski definition) is 2. The van der Waals surface area contributed by atoms with Crippen LogP contribution in [0.2, 0.25) is 0 Å². The average molecular weight is 267 g/mol. The summed E-state index contributed by atoms with van der Waals surface area (Å²) in [5.74, 6) is 0. The molecule has 0 saturated carbocycles. The number of nitrogens with zero attached hydrogens (tertiary/aromatic N) is 1. The number of nitrogens with one attached hydrogen (secondary N) is 2. The summed E-state index contributed by atoms with van der Waals surface area (Å²) in [5, 5.41) is 6.11. The molecule has 4 nitrogen and oxygen atoms in total. The van der Waals surface area contributed by atoms with Crippen molar-refractivity contribution in [3.8, 4) is 0 Å². The van der Waals surface area contributed by atoms with Gasteiger partial charge in [0.25, 0.3) is 0 Å². The number of amides is 2. The van der Waals surface area contributed by atoms with Crippen LogP contribution in [0.15, 0.2) is 12.7 Å². The Balaban J connectivity index is 2.24. The minimum absolute atomic E-state index is 0.0253. The molecule has 0 radical (unpaired) electrons. The lowest BCUT2D eigenvalue weighted by Crippen LogP contribution is -2.50. The molecule has 1 rings (SSSR count). The lowest BCUT2D eigenvalue weighted by Gasteiger charge is -2.32. The van der Waals surface area contributed by atoms with E-state index < -0.39 is 0 Å². The van der Waals surface area contributed by atoms with Crippen molar-refractivity contribution >= 4 is 6.03 Å². The molecule has 19 heavy (non-hydrogen) atoms. The van der Waals surface area contributed by atoms with Gasteiger partial charge in [-0.3, -0.25) is 0 Å². The Morgan fingerprint density at radius 2 is 2.11 bits per heavy atom. The van der Waals surface area contributed by atoms with E-state index in [2.05, 4.69) is 36.0 Å². The van der Waals surface area contributed by atoms with E-state index in [-0.39, 0.29) is 12.1 Å². The molecule has 0 aromatic carbocycles. The molecule has 2 N–H and O–H groups in total. The largest absolute Gasteiger partial charge is 0.335 e. The van der Waals surface area contributed by atoms with Gasteiger partial charge in [-0.05, 0) is 38.6 Å². The van der Waals surface area contributed by atoms with Crippen molar-refractivity contribution in [1.29, 1.82) is 0 Å². The molecule has 2 amide bonds. The molecule has 1 heterocycles. The molecule has 4 heteroatoms. The maximum absolute atomic E-state index is 11.9. The van der Waals surface area contributed by atoms with Crippen molar-refractivity contribution < 1.29 is 4.79 Å². The molecule has 0 unspecified atom stereocenters. The molecule has 0 spiro atoms. The van der Waals surface area contributed by atoms with Gasteiger partial charge in [-0.25, -0.2) is 4.79 Å². The van der Waals surface area contributed by atoms with Gasteiger partial charge in [0, 0.05) is 25.2 Å². The van der Waals surface area contributed by atoms with Crippen LogP contribution >= 0.6 is 0 Å². The first-order valence-electron chi connectivity index (χ1n) is 7.59. The summed E-state index contributed by atoms with van der Waals surface area (Å²) in [6.45, 7) is 11.4. The highest BCUT2D eigenvalue weighted by atomic mass is 16.2. The molecule has 0 bridgehead atoms. The molecule has 1 aliphatic rings. The van der Waals surface area contributed by atoms with Gasteiger partial charge < -0.3 is 15.5 Å². The van der Waals surface area contributed by atoms with Crippen molar-refractivity contribution in [2.24, 2.45) is 0 Å². The summed E-state index contributed by atoms with van der Waals surface area (Å²) >= 11 is 0. The number of likely N-dealkylation sites (tertiary alicyclic amines) is 1. The van der Waals surface area contributed by atoms with Crippen LogP contribution in [-0.2, 0) is 0 Å². The zero-order valence-electron chi connectivity index (χ0n) is 12.5. The number of rotatable bonds is 7. The fourth-order valence-corrected chi connectivity index (χ4v) is 2.56.